The summed E-state index contributed by atoms with van der Waals surface area (Å²) in [5.41, 5.74) is 1.08. The lowest BCUT2D eigenvalue weighted by Crippen LogP contribution is -2.33. The molecule has 1 atom stereocenters. The summed E-state index contributed by atoms with van der Waals surface area (Å²) in [5.74, 6) is 0.0127. The number of thiophene rings is 1. The second-order valence-corrected chi connectivity index (χ2v) is 6.11. The topological polar surface area (TPSA) is 49.3 Å². The van der Waals surface area contributed by atoms with Crippen LogP contribution in [0.25, 0.3) is 0 Å². The first-order valence-corrected chi connectivity index (χ1v) is 8.13. The molecule has 0 spiro atoms. The highest BCUT2D eigenvalue weighted by Gasteiger charge is 2.08. The Labute approximate surface area is 129 Å². The fraction of sp³-hybridized carbons (Fsp3) is 0.353. The van der Waals surface area contributed by atoms with E-state index in [1.54, 1.807) is 11.3 Å². The fourth-order valence-electron chi connectivity index (χ4n) is 2.16. The Morgan fingerprint density at radius 3 is 2.71 bits per heavy atom. The van der Waals surface area contributed by atoms with Gasteiger partial charge in [-0.15, -0.1) is 11.3 Å². The minimum atomic E-state index is -0.534. The highest BCUT2D eigenvalue weighted by molar-refractivity contribution is 7.09. The van der Waals surface area contributed by atoms with Crippen molar-refractivity contribution in [2.75, 3.05) is 6.54 Å². The molecule has 3 nitrogen and oxygen atoms in total. The quantitative estimate of drug-likeness (QED) is 0.788. The number of aliphatic hydroxyl groups excluding tert-OH is 1. The van der Waals surface area contributed by atoms with Gasteiger partial charge >= 0.3 is 0 Å². The van der Waals surface area contributed by atoms with E-state index < -0.39 is 6.10 Å². The minimum Gasteiger partial charge on any atom is -0.391 e. The number of amides is 1. The van der Waals surface area contributed by atoms with Crippen molar-refractivity contribution in [3.63, 3.8) is 0 Å². The molecule has 0 radical (unpaired) electrons. The van der Waals surface area contributed by atoms with E-state index in [4.69, 9.17) is 0 Å². The number of hydrogen-bond acceptors (Lipinski definition) is 3. The van der Waals surface area contributed by atoms with Crippen molar-refractivity contribution in [1.82, 2.24) is 5.32 Å². The van der Waals surface area contributed by atoms with Crippen LogP contribution in [0.3, 0.4) is 0 Å². The molecule has 1 aromatic carbocycles. The van der Waals surface area contributed by atoms with Crippen LogP contribution in [-0.2, 0) is 17.6 Å². The van der Waals surface area contributed by atoms with E-state index in [-0.39, 0.29) is 5.91 Å². The molecular weight excluding hydrogens is 282 g/mol. The van der Waals surface area contributed by atoms with Crippen LogP contribution >= 0.6 is 11.3 Å². The van der Waals surface area contributed by atoms with Crippen molar-refractivity contribution >= 4 is 17.2 Å². The molecule has 1 unspecified atom stereocenters. The van der Waals surface area contributed by atoms with Gasteiger partial charge in [0.1, 0.15) is 0 Å². The summed E-state index contributed by atoms with van der Waals surface area (Å²) in [7, 11) is 0. The van der Waals surface area contributed by atoms with Crippen molar-refractivity contribution in [1.29, 1.82) is 0 Å². The van der Waals surface area contributed by atoms with Gasteiger partial charge in [0.15, 0.2) is 0 Å². The number of benzene rings is 1. The maximum absolute atomic E-state index is 11.7. The zero-order valence-electron chi connectivity index (χ0n) is 12.0. The molecule has 0 aliphatic carbocycles. The summed E-state index contributed by atoms with van der Waals surface area (Å²) in [5, 5.41) is 14.8. The van der Waals surface area contributed by atoms with Gasteiger partial charge in [-0.25, -0.2) is 0 Å². The molecule has 2 aromatic rings. The van der Waals surface area contributed by atoms with E-state index in [1.165, 1.54) is 4.88 Å². The van der Waals surface area contributed by atoms with Crippen molar-refractivity contribution < 1.29 is 9.90 Å². The van der Waals surface area contributed by atoms with Crippen molar-refractivity contribution in [2.24, 2.45) is 0 Å². The monoisotopic (exact) mass is 303 g/mol. The molecule has 0 fully saturated rings. The number of rotatable bonds is 8. The molecule has 1 amide bonds. The highest BCUT2D eigenvalue weighted by atomic mass is 32.1. The third kappa shape index (κ3) is 6.10. The van der Waals surface area contributed by atoms with Gasteiger partial charge in [-0.05, 0) is 29.9 Å². The van der Waals surface area contributed by atoms with E-state index in [2.05, 4.69) is 16.8 Å². The van der Waals surface area contributed by atoms with Crippen LogP contribution in [0.4, 0.5) is 0 Å². The second kappa shape index (κ2) is 8.60. The van der Waals surface area contributed by atoms with Crippen LogP contribution < -0.4 is 5.32 Å². The van der Waals surface area contributed by atoms with Gasteiger partial charge < -0.3 is 10.4 Å². The molecule has 0 saturated heterocycles. The minimum absolute atomic E-state index is 0.0127. The van der Waals surface area contributed by atoms with Crippen LogP contribution in [-0.4, -0.2) is 23.7 Å². The predicted octanol–water partition coefficient (Wildman–Crippen LogP) is 2.79. The number of carbonyl (C=O) groups excluding carboxylic acids is 1. The summed E-state index contributed by atoms with van der Waals surface area (Å²) in [6.45, 7) is 0.312. The maximum Gasteiger partial charge on any atom is 0.220 e. The Hall–Kier alpha value is -1.65. The molecule has 0 saturated carbocycles. The van der Waals surface area contributed by atoms with Crippen LogP contribution in [0.2, 0.25) is 0 Å². The number of nitrogens with one attached hydrogen (secondary N) is 1. The summed E-state index contributed by atoms with van der Waals surface area (Å²) in [6, 6.07) is 13.9. The van der Waals surface area contributed by atoms with Gasteiger partial charge in [0.05, 0.1) is 6.10 Å². The number of hydrogen-bond donors (Lipinski definition) is 2. The molecule has 112 valence electrons. The molecule has 0 aliphatic rings. The smallest absolute Gasteiger partial charge is 0.220 e. The Morgan fingerprint density at radius 1 is 1.19 bits per heavy atom. The third-order valence-corrected chi connectivity index (χ3v) is 4.19. The maximum atomic E-state index is 11.7. The molecule has 0 aliphatic heterocycles. The summed E-state index contributed by atoms with van der Waals surface area (Å²) < 4.78 is 0. The molecule has 21 heavy (non-hydrogen) atoms. The first kappa shape index (κ1) is 15.7. The molecule has 1 aromatic heterocycles. The Kier molecular flexibility index (Phi) is 6.44. The summed E-state index contributed by atoms with van der Waals surface area (Å²) >= 11 is 1.72. The van der Waals surface area contributed by atoms with Gasteiger partial charge in [0.2, 0.25) is 5.91 Å². The first-order valence-electron chi connectivity index (χ1n) is 7.25. The lowest BCUT2D eigenvalue weighted by molar-refractivity contribution is -0.121. The van der Waals surface area contributed by atoms with E-state index in [0.29, 0.717) is 19.4 Å². The molecule has 2 N–H and O–H groups in total. The molecule has 2 rings (SSSR count). The fourth-order valence-corrected chi connectivity index (χ4v) is 2.91. The van der Waals surface area contributed by atoms with Gasteiger partial charge in [-0.3, -0.25) is 4.79 Å². The number of aryl methyl sites for hydroxylation is 1. The summed E-state index contributed by atoms with van der Waals surface area (Å²) in [4.78, 5) is 13.0. The van der Waals surface area contributed by atoms with E-state index >= 15 is 0 Å². The van der Waals surface area contributed by atoms with Crippen molar-refractivity contribution in [2.45, 2.75) is 31.8 Å². The van der Waals surface area contributed by atoms with Crippen molar-refractivity contribution in [3.05, 3.63) is 58.3 Å². The molecular formula is C17H21NO2S. The Balaban J connectivity index is 1.60. The second-order valence-electron chi connectivity index (χ2n) is 5.08. The Bertz CT molecular complexity index is 525. The molecule has 4 heteroatoms. The largest absolute Gasteiger partial charge is 0.391 e. The lowest BCUT2D eigenvalue weighted by Gasteiger charge is -2.12. The summed E-state index contributed by atoms with van der Waals surface area (Å²) in [6.07, 6.45) is 2.33. The standard InChI is InChI=1S/C17H21NO2S/c19-15(12-14-6-2-1-3-7-14)13-18-17(20)10-4-8-16-9-5-11-21-16/h1-3,5-7,9,11,15,19H,4,8,10,12-13H2,(H,18,20). The van der Waals surface area contributed by atoms with Crippen molar-refractivity contribution in [3.8, 4) is 0 Å². The van der Waals surface area contributed by atoms with Crippen LogP contribution in [0.5, 0.6) is 0 Å². The van der Waals surface area contributed by atoms with Crippen LogP contribution in [0.15, 0.2) is 47.8 Å². The number of aliphatic hydroxyl groups is 1. The van der Waals surface area contributed by atoms with Gasteiger partial charge in [-0.2, -0.15) is 0 Å². The highest BCUT2D eigenvalue weighted by Crippen LogP contribution is 2.11. The molecule has 0 bridgehead atoms. The molecule has 1 heterocycles. The normalized spacial score (nSPS) is 12.0. The van der Waals surface area contributed by atoms with E-state index in [1.807, 2.05) is 36.4 Å². The van der Waals surface area contributed by atoms with E-state index in [0.717, 1.165) is 18.4 Å². The van der Waals surface area contributed by atoms with Gasteiger partial charge in [-0.1, -0.05) is 36.4 Å². The van der Waals surface area contributed by atoms with Crippen LogP contribution in [0.1, 0.15) is 23.3 Å². The SMILES string of the molecule is O=C(CCCc1cccs1)NCC(O)Cc1ccccc1. The van der Waals surface area contributed by atoms with Gasteiger partial charge in [0.25, 0.3) is 0 Å². The zero-order valence-corrected chi connectivity index (χ0v) is 12.8. The van der Waals surface area contributed by atoms with E-state index in [9.17, 15) is 9.90 Å². The first-order chi connectivity index (χ1) is 10.2. The predicted molar refractivity (Wildman–Crippen MR) is 86.4 cm³/mol. The zero-order chi connectivity index (χ0) is 14.9. The number of carbonyl (C=O) groups is 1. The van der Waals surface area contributed by atoms with Gasteiger partial charge in [0, 0.05) is 24.3 Å². The average molecular weight is 303 g/mol. The van der Waals surface area contributed by atoms with Crippen LogP contribution in [0, 0.1) is 0 Å². The average Bonchev–Trinajstić information content (AvgIpc) is 2.99. The third-order valence-electron chi connectivity index (χ3n) is 3.26. The lowest BCUT2D eigenvalue weighted by atomic mass is 10.1. The Morgan fingerprint density at radius 2 is 2.00 bits per heavy atom.